The van der Waals surface area contributed by atoms with Gasteiger partial charge in [-0.05, 0) is 48.5 Å². The minimum Gasteiger partial charge on any atom is -0.486 e. The molecule has 0 bridgehead atoms. The van der Waals surface area contributed by atoms with Gasteiger partial charge in [0.2, 0.25) is 0 Å². The third-order valence-corrected chi connectivity index (χ3v) is 4.05. The molecule has 4 nitrogen and oxygen atoms in total. The van der Waals surface area contributed by atoms with Crippen LogP contribution in [0, 0.1) is 0 Å². The third kappa shape index (κ3) is 3.19. The first-order valence-electron chi connectivity index (χ1n) is 7.76. The molecule has 5 heteroatoms. The van der Waals surface area contributed by atoms with Crippen LogP contribution in [0.2, 0.25) is 5.02 Å². The Morgan fingerprint density at radius 2 is 1.67 bits per heavy atom. The Balaban J connectivity index is 1.44. The highest BCUT2D eigenvalue weighted by atomic mass is 35.5. The number of nitrogens with one attached hydrogen (secondary N) is 1. The monoisotopic (exact) mass is 341 g/mol. The molecule has 0 saturated heterocycles. The molecule has 1 aliphatic rings. The van der Waals surface area contributed by atoms with E-state index < -0.39 is 0 Å². The molecule has 0 aliphatic carbocycles. The van der Waals surface area contributed by atoms with Gasteiger partial charge in [-0.2, -0.15) is 0 Å². The summed E-state index contributed by atoms with van der Waals surface area (Å²) in [6, 6.07) is 17.3. The van der Waals surface area contributed by atoms with Crippen LogP contribution in [-0.4, -0.2) is 13.2 Å². The summed E-state index contributed by atoms with van der Waals surface area (Å²) in [7, 11) is 0. The minimum absolute atomic E-state index is 0.582. The van der Waals surface area contributed by atoms with Crippen LogP contribution in [-0.2, 0) is 6.54 Å². The normalized spacial score (nSPS) is 12.9. The summed E-state index contributed by atoms with van der Waals surface area (Å²) >= 11 is 5.91. The second-order valence-electron chi connectivity index (χ2n) is 5.48. The van der Waals surface area contributed by atoms with Gasteiger partial charge in [0, 0.05) is 22.3 Å². The number of ether oxygens (including phenoxy) is 2. The summed E-state index contributed by atoms with van der Waals surface area (Å²) in [6.07, 6.45) is 0. The van der Waals surface area contributed by atoms with E-state index in [1.165, 1.54) is 0 Å². The van der Waals surface area contributed by atoms with E-state index in [0.29, 0.717) is 24.8 Å². The Kier molecular flexibility index (Phi) is 4.05. The molecule has 0 spiro atoms. The van der Waals surface area contributed by atoms with E-state index in [4.69, 9.17) is 25.5 Å². The van der Waals surface area contributed by atoms with Gasteiger partial charge in [-0.3, -0.25) is 0 Å². The van der Waals surface area contributed by atoms with Gasteiger partial charge >= 0.3 is 0 Å². The maximum absolute atomic E-state index is 5.91. The molecule has 1 N–H and O–H groups in total. The lowest BCUT2D eigenvalue weighted by molar-refractivity contribution is 0.171. The fraction of sp³-hybridized carbons (Fsp3) is 0.158. The quantitative estimate of drug-likeness (QED) is 0.726. The zero-order chi connectivity index (χ0) is 16.4. The largest absolute Gasteiger partial charge is 0.486 e. The number of benzene rings is 2. The predicted octanol–water partition coefficient (Wildman–Crippen LogP) is 4.98. The van der Waals surface area contributed by atoms with Crippen molar-refractivity contribution in [3.8, 4) is 22.8 Å². The van der Waals surface area contributed by atoms with Crippen LogP contribution in [0.25, 0.3) is 11.3 Å². The Morgan fingerprint density at radius 3 is 2.50 bits per heavy atom. The summed E-state index contributed by atoms with van der Waals surface area (Å²) in [5, 5.41) is 4.05. The molecule has 2 aromatic carbocycles. The average molecular weight is 342 g/mol. The standard InChI is InChI=1S/C19H16ClNO3/c20-14-3-1-13(2-4-14)17-8-6-16(24-17)12-21-15-5-7-18-19(11-15)23-10-9-22-18/h1-8,11,21H,9-10,12H2. The molecule has 0 atom stereocenters. The van der Waals surface area contributed by atoms with Gasteiger partial charge < -0.3 is 19.2 Å². The zero-order valence-corrected chi connectivity index (χ0v) is 13.7. The van der Waals surface area contributed by atoms with Gasteiger partial charge in [-0.25, -0.2) is 0 Å². The average Bonchev–Trinajstić information content (AvgIpc) is 3.09. The molecule has 4 rings (SSSR count). The van der Waals surface area contributed by atoms with Crippen LogP contribution in [0.4, 0.5) is 5.69 Å². The lowest BCUT2D eigenvalue weighted by Crippen LogP contribution is -2.15. The van der Waals surface area contributed by atoms with Crippen LogP contribution in [0.3, 0.4) is 0 Å². The van der Waals surface area contributed by atoms with Gasteiger partial charge in [0.25, 0.3) is 0 Å². The van der Waals surface area contributed by atoms with Crippen LogP contribution in [0.5, 0.6) is 11.5 Å². The van der Waals surface area contributed by atoms with Crippen molar-refractivity contribution >= 4 is 17.3 Å². The van der Waals surface area contributed by atoms with Gasteiger partial charge in [-0.15, -0.1) is 0 Å². The molecule has 2 heterocycles. The first-order valence-corrected chi connectivity index (χ1v) is 8.14. The molecule has 0 amide bonds. The van der Waals surface area contributed by atoms with E-state index in [1.54, 1.807) is 0 Å². The highest BCUT2D eigenvalue weighted by Gasteiger charge is 2.12. The lowest BCUT2D eigenvalue weighted by atomic mass is 10.2. The fourth-order valence-corrected chi connectivity index (χ4v) is 2.71. The second-order valence-corrected chi connectivity index (χ2v) is 5.92. The molecule has 0 saturated carbocycles. The maximum Gasteiger partial charge on any atom is 0.163 e. The van der Waals surface area contributed by atoms with E-state index in [9.17, 15) is 0 Å². The van der Waals surface area contributed by atoms with E-state index in [-0.39, 0.29) is 0 Å². The topological polar surface area (TPSA) is 43.6 Å². The highest BCUT2D eigenvalue weighted by molar-refractivity contribution is 6.30. The molecule has 1 aliphatic heterocycles. The first kappa shape index (κ1) is 15.0. The summed E-state index contributed by atoms with van der Waals surface area (Å²) in [5.41, 5.74) is 1.97. The number of hydrogen-bond donors (Lipinski definition) is 1. The molecule has 122 valence electrons. The van der Waals surface area contributed by atoms with Gasteiger partial charge in [-0.1, -0.05) is 11.6 Å². The molecule has 0 fully saturated rings. The molecular formula is C19H16ClNO3. The van der Waals surface area contributed by atoms with Crippen molar-refractivity contribution in [3.05, 3.63) is 65.4 Å². The molecule has 0 unspecified atom stereocenters. The zero-order valence-electron chi connectivity index (χ0n) is 12.9. The number of furan rings is 1. The van der Waals surface area contributed by atoms with Crippen LogP contribution in [0.1, 0.15) is 5.76 Å². The van der Waals surface area contributed by atoms with Crippen LogP contribution >= 0.6 is 11.6 Å². The van der Waals surface area contributed by atoms with E-state index >= 15 is 0 Å². The van der Waals surface area contributed by atoms with Crippen molar-refractivity contribution in [2.75, 3.05) is 18.5 Å². The molecule has 1 aromatic heterocycles. The SMILES string of the molecule is Clc1ccc(-c2ccc(CNc3ccc4c(c3)OCCO4)o2)cc1. The van der Waals surface area contributed by atoms with Gasteiger partial charge in [0.1, 0.15) is 24.7 Å². The number of hydrogen-bond acceptors (Lipinski definition) is 4. The van der Waals surface area contributed by atoms with Crippen molar-refractivity contribution in [2.24, 2.45) is 0 Å². The predicted molar refractivity (Wildman–Crippen MR) is 93.9 cm³/mol. The minimum atomic E-state index is 0.582. The number of anilines is 1. The summed E-state index contributed by atoms with van der Waals surface area (Å²) in [4.78, 5) is 0. The lowest BCUT2D eigenvalue weighted by Gasteiger charge is -2.19. The highest BCUT2D eigenvalue weighted by Crippen LogP contribution is 2.33. The van der Waals surface area contributed by atoms with Crippen molar-refractivity contribution in [2.45, 2.75) is 6.54 Å². The Morgan fingerprint density at radius 1 is 0.875 bits per heavy atom. The third-order valence-electron chi connectivity index (χ3n) is 3.80. The van der Waals surface area contributed by atoms with Crippen LogP contribution in [0.15, 0.2) is 59.0 Å². The molecule has 24 heavy (non-hydrogen) atoms. The summed E-state index contributed by atoms with van der Waals surface area (Å²) in [5.74, 6) is 3.24. The second kappa shape index (κ2) is 6.49. The van der Waals surface area contributed by atoms with E-state index in [1.807, 2.05) is 54.6 Å². The van der Waals surface area contributed by atoms with Gasteiger partial charge in [0.05, 0.1) is 6.54 Å². The Hall–Kier alpha value is -2.59. The maximum atomic E-state index is 5.91. The Labute approximate surface area is 145 Å². The van der Waals surface area contributed by atoms with Crippen LogP contribution < -0.4 is 14.8 Å². The fourth-order valence-electron chi connectivity index (χ4n) is 2.58. The first-order chi connectivity index (χ1) is 11.8. The summed E-state index contributed by atoms with van der Waals surface area (Å²) in [6.45, 7) is 1.77. The van der Waals surface area contributed by atoms with Crippen molar-refractivity contribution in [3.63, 3.8) is 0 Å². The van der Waals surface area contributed by atoms with Crippen molar-refractivity contribution < 1.29 is 13.9 Å². The number of fused-ring (bicyclic) bond motifs is 1. The van der Waals surface area contributed by atoms with E-state index in [2.05, 4.69) is 5.32 Å². The molecular weight excluding hydrogens is 326 g/mol. The van der Waals surface area contributed by atoms with Crippen molar-refractivity contribution in [1.29, 1.82) is 0 Å². The Bertz CT molecular complexity index is 842. The molecule has 3 aromatic rings. The number of rotatable bonds is 4. The van der Waals surface area contributed by atoms with Gasteiger partial charge in [0.15, 0.2) is 11.5 Å². The molecule has 0 radical (unpaired) electrons. The van der Waals surface area contributed by atoms with Crippen molar-refractivity contribution in [1.82, 2.24) is 0 Å². The summed E-state index contributed by atoms with van der Waals surface area (Å²) < 4.78 is 17.0. The smallest absolute Gasteiger partial charge is 0.163 e. The van der Waals surface area contributed by atoms with E-state index in [0.717, 1.165) is 34.3 Å². The number of halogens is 1.